The van der Waals surface area contributed by atoms with Crippen LogP contribution in [0.5, 0.6) is 0 Å². The molecule has 2 aliphatic rings. The molecule has 1 unspecified atom stereocenters. The molecule has 2 heterocycles. The first-order chi connectivity index (χ1) is 11.7. The summed E-state index contributed by atoms with van der Waals surface area (Å²) in [5.74, 6) is 0.0413. The summed E-state index contributed by atoms with van der Waals surface area (Å²) < 4.78 is 13.9. The predicted molar refractivity (Wildman–Crippen MR) is 93.7 cm³/mol. The number of nitrogens with zero attached hydrogens (tertiary/aromatic N) is 3. The molecule has 0 aromatic heterocycles. The molecule has 1 aromatic carbocycles. The number of halogens is 1. The maximum atomic E-state index is 13.9. The first-order valence-corrected chi connectivity index (χ1v) is 8.85. The standard InChI is InChI=1S/C18H27FN4O/c1-20-13-18(24)23-8-4-5-15(14-23)21-9-11-22(12-10-21)17-7-3-2-6-16(17)19/h2-3,6-7,15,20H,4-5,8-14H2,1H3. The number of likely N-dealkylation sites (tertiary alicyclic amines) is 1. The molecular weight excluding hydrogens is 307 g/mol. The summed E-state index contributed by atoms with van der Waals surface area (Å²) in [5, 5.41) is 2.94. The fraction of sp³-hybridized carbons (Fsp3) is 0.611. The number of nitrogens with one attached hydrogen (secondary N) is 1. The number of hydrogen-bond donors (Lipinski definition) is 1. The lowest BCUT2D eigenvalue weighted by Gasteiger charge is -2.44. The first-order valence-electron chi connectivity index (χ1n) is 8.85. The number of rotatable bonds is 4. The van der Waals surface area contributed by atoms with E-state index >= 15 is 0 Å². The van der Waals surface area contributed by atoms with Crippen LogP contribution in [0.25, 0.3) is 0 Å². The number of piperazine rings is 1. The van der Waals surface area contributed by atoms with Crippen molar-refractivity contribution < 1.29 is 9.18 Å². The topological polar surface area (TPSA) is 38.8 Å². The van der Waals surface area contributed by atoms with E-state index in [9.17, 15) is 9.18 Å². The number of hydrogen-bond acceptors (Lipinski definition) is 4. The van der Waals surface area contributed by atoms with Crippen molar-refractivity contribution in [3.8, 4) is 0 Å². The van der Waals surface area contributed by atoms with Crippen LogP contribution in [0.3, 0.4) is 0 Å². The monoisotopic (exact) mass is 334 g/mol. The van der Waals surface area contributed by atoms with Gasteiger partial charge in [-0.15, -0.1) is 0 Å². The van der Waals surface area contributed by atoms with E-state index < -0.39 is 0 Å². The lowest BCUT2D eigenvalue weighted by Crippen LogP contribution is -2.56. The summed E-state index contributed by atoms with van der Waals surface area (Å²) in [6.07, 6.45) is 2.21. The van der Waals surface area contributed by atoms with E-state index in [1.54, 1.807) is 13.1 Å². The minimum absolute atomic E-state index is 0.146. The molecular formula is C18H27FN4O. The molecule has 1 aromatic rings. The number of piperidine rings is 1. The summed E-state index contributed by atoms with van der Waals surface area (Å²) in [4.78, 5) is 18.7. The number of para-hydroxylation sites is 1. The zero-order valence-corrected chi connectivity index (χ0v) is 14.4. The fourth-order valence-corrected chi connectivity index (χ4v) is 3.78. The molecule has 0 radical (unpaired) electrons. The lowest BCUT2D eigenvalue weighted by molar-refractivity contribution is -0.132. The third kappa shape index (κ3) is 3.87. The van der Waals surface area contributed by atoms with Crippen LogP contribution in [-0.4, -0.2) is 74.6 Å². The molecule has 2 aliphatic heterocycles. The third-order valence-corrected chi connectivity index (χ3v) is 5.10. The van der Waals surface area contributed by atoms with E-state index in [0.29, 0.717) is 18.3 Å². The Bertz CT molecular complexity index is 560. The van der Waals surface area contributed by atoms with E-state index in [1.807, 2.05) is 17.0 Å². The van der Waals surface area contributed by atoms with Gasteiger partial charge in [-0.2, -0.15) is 0 Å². The molecule has 5 nitrogen and oxygen atoms in total. The molecule has 0 bridgehead atoms. The minimum Gasteiger partial charge on any atom is -0.367 e. The molecule has 3 rings (SSSR count). The van der Waals surface area contributed by atoms with Gasteiger partial charge in [0.1, 0.15) is 5.82 Å². The van der Waals surface area contributed by atoms with Gasteiger partial charge in [0, 0.05) is 45.3 Å². The zero-order chi connectivity index (χ0) is 16.9. The van der Waals surface area contributed by atoms with E-state index in [4.69, 9.17) is 0 Å². The van der Waals surface area contributed by atoms with Gasteiger partial charge in [-0.1, -0.05) is 12.1 Å². The highest BCUT2D eigenvalue weighted by Crippen LogP contribution is 2.23. The lowest BCUT2D eigenvalue weighted by atomic mass is 10.0. The molecule has 0 saturated carbocycles. The maximum absolute atomic E-state index is 13.9. The van der Waals surface area contributed by atoms with Crippen LogP contribution >= 0.6 is 0 Å². The molecule has 132 valence electrons. The van der Waals surface area contributed by atoms with Gasteiger partial charge in [0.2, 0.25) is 5.91 Å². The summed E-state index contributed by atoms with van der Waals surface area (Å²) in [5.41, 5.74) is 0.701. The third-order valence-electron chi connectivity index (χ3n) is 5.10. The summed E-state index contributed by atoms with van der Waals surface area (Å²) in [6.45, 7) is 5.62. The number of likely N-dealkylation sites (N-methyl/N-ethyl adjacent to an activating group) is 1. The fourth-order valence-electron chi connectivity index (χ4n) is 3.78. The molecule has 1 amide bonds. The Hall–Kier alpha value is -1.66. The van der Waals surface area contributed by atoms with Crippen molar-refractivity contribution in [3.63, 3.8) is 0 Å². The highest BCUT2D eigenvalue weighted by molar-refractivity contribution is 5.78. The summed E-state index contributed by atoms with van der Waals surface area (Å²) >= 11 is 0. The Morgan fingerprint density at radius 3 is 2.67 bits per heavy atom. The van der Waals surface area contributed by atoms with Crippen LogP contribution in [-0.2, 0) is 4.79 Å². The largest absolute Gasteiger partial charge is 0.367 e. The van der Waals surface area contributed by atoms with Gasteiger partial charge in [0.15, 0.2) is 0 Å². The molecule has 2 saturated heterocycles. The van der Waals surface area contributed by atoms with Gasteiger partial charge < -0.3 is 15.1 Å². The number of amides is 1. The SMILES string of the molecule is CNCC(=O)N1CCCC(N2CCN(c3ccccc3F)CC2)C1. The minimum atomic E-state index is -0.146. The molecule has 24 heavy (non-hydrogen) atoms. The highest BCUT2D eigenvalue weighted by Gasteiger charge is 2.30. The second-order valence-corrected chi connectivity index (χ2v) is 6.64. The van der Waals surface area contributed by atoms with E-state index in [2.05, 4.69) is 15.1 Å². The molecule has 6 heteroatoms. The smallest absolute Gasteiger partial charge is 0.236 e. The molecule has 1 N–H and O–H groups in total. The normalized spacial score (nSPS) is 22.7. The van der Waals surface area contributed by atoms with Gasteiger partial charge in [0.25, 0.3) is 0 Å². The van der Waals surface area contributed by atoms with Crippen LogP contribution in [0.1, 0.15) is 12.8 Å². The number of benzene rings is 1. The number of anilines is 1. The molecule has 2 fully saturated rings. The number of carbonyl (C=O) groups excluding carboxylic acids is 1. The van der Waals surface area contributed by atoms with Crippen molar-refractivity contribution in [1.29, 1.82) is 0 Å². The van der Waals surface area contributed by atoms with Crippen molar-refractivity contribution >= 4 is 11.6 Å². The summed E-state index contributed by atoms with van der Waals surface area (Å²) in [7, 11) is 1.81. The Balaban J connectivity index is 1.54. The Morgan fingerprint density at radius 1 is 1.21 bits per heavy atom. The maximum Gasteiger partial charge on any atom is 0.236 e. The van der Waals surface area contributed by atoms with Gasteiger partial charge in [-0.25, -0.2) is 4.39 Å². The molecule has 1 atom stereocenters. The van der Waals surface area contributed by atoms with Crippen LogP contribution in [0.4, 0.5) is 10.1 Å². The molecule has 0 spiro atoms. The average molecular weight is 334 g/mol. The average Bonchev–Trinajstić information content (AvgIpc) is 2.63. The second-order valence-electron chi connectivity index (χ2n) is 6.64. The van der Waals surface area contributed by atoms with Crippen molar-refractivity contribution in [1.82, 2.24) is 15.1 Å². The van der Waals surface area contributed by atoms with Crippen LogP contribution < -0.4 is 10.2 Å². The van der Waals surface area contributed by atoms with Gasteiger partial charge in [0.05, 0.1) is 12.2 Å². The van der Waals surface area contributed by atoms with Crippen molar-refractivity contribution in [3.05, 3.63) is 30.1 Å². The van der Waals surface area contributed by atoms with Crippen LogP contribution in [0.2, 0.25) is 0 Å². The van der Waals surface area contributed by atoms with Crippen LogP contribution in [0, 0.1) is 5.82 Å². The van der Waals surface area contributed by atoms with E-state index in [1.165, 1.54) is 6.07 Å². The van der Waals surface area contributed by atoms with Gasteiger partial charge in [-0.3, -0.25) is 9.69 Å². The zero-order valence-electron chi connectivity index (χ0n) is 14.4. The second kappa shape index (κ2) is 7.94. The molecule has 0 aliphatic carbocycles. The Kier molecular flexibility index (Phi) is 5.68. The predicted octanol–water partition coefficient (Wildman–Crippen LogP) is 1.16. The van der Waals surface area contributed by atoms with Gasteiger partial charge >= 0.3 is 0 Å². The highest BCUT2D eigenvalue weighted by atomic mass is 19.1. The van der Waals surface area contributed by atoms with Gasteiger partial charge in [-0.05, 0) is 32.0 Å². The summed E-state index contributed by atoms with van der Waals surface area (Å²) in [6, 6.07) is 7.42. The van der Waals surface area contributed by atoms with Crippen molar-refractivity contribution in [2.75, 3.05) is 57.8 Å². The van der Waals surface area contributed by atoms with Crippen LogP contribution in [0.15, 0.2) is 24.3 Å². The first kappa shape index (κ1) is 17.2. The Labute approximate surface area is 143 Å². The van der Waals surface area contributed by atoms with E-state index in [-0.39, 0.29) is 11.7 Å². The van der Waals surface area contributed by atoms with Crippen molar-refractivity contribution in [2.24, 2.45) is 0 Å². The Morgan fingerprint density at radius 2 is 1.96 bits per heavy atom. The number of carbonyl (C=O) groups is 1. The van der Waals surface area contributed by atoms with Crippen molar-refractivity contribution in [2.45, 2.75) is 18.9 Å². The van der Waals surface area contributed by atoms with E-state index in [0.717, 1.165) is 52.1 Å². The quantitative estimate of drug-likeness (QED) is 0.897.